The molecule has 0 atom stereocenters. The molecular weight excluding hydrogens is 296 g/mol. The van der Waals surface area contributed by atoms with Crippen molar-refractivity contribution in [2.45, 2.75) is 11.5 Å². The van der Waals surface area contributed by atoms with Gasteiger partial charge < -0.3 is 0 Å². The van der Waals surface area contributed by atoms with Gasteiger partial charge in [0.2, 0.25) is 0 Å². The Balaban J connectivity index is 2.28. The number of benzene rings is 2. The number of nitroso groups, excluding NO2 is 2. The standard InChI is InChI=1S/C13H10N2O5S/c16-14-12-7-4-8-13(15-17)11(12)9-20-21(18,19)10-5-2-1-3-6-10/h1-8H,9H2. The van der Waals surface area contributed by atoms with Gasteiger partial charge in [0.1, 0.15) is 11.4 Å². The van der Waals surface area contributed by atoms with E-state index in [1.807, 2.05) is 0 Å². The summed E-state index contributed by atoms with van der Waals surface area (Å²) in [5, 5.41) is 5.46. The molecule has 2 rings (SSSR count). The third-order valence-corrected chi connectivity index (χ3v) is 3.99. The fourth-order valence-electron chi connectivity index (χ4n) is 1.67. The molecule has 0 radical (unpaired) electrons. The molecule has 0 spiro atoms. The first-order chi connectivity index (χ1) is 10.1. The number of rotatable bonds is 6. The zero-order chi connectivity index (χ0) is 15.3. The summed E-state index contributed by atoms with van der Waals surface area (Å²) in [6, 6.07) is 11.6. The maximum Gasteiger partial charge on any atom is 0.297 e. The zero-order valence-electron chi connectivity index (χ0n) is 10.7. The Morgan fingerprint density at radius 1 is 0.857 bits per heavy atom. The van der Waals surface area contributed by atoms with Crippen LogP contribution in [0.3, 0.4) is 0 Å². The lowest BCUT2D eigenvalue weighted by Gasteiger charge is -2.08. The molecular formula is C13H10N2O5S. The molecule has 7 nitrogen and oxygen atoms in total. The molecule has 21 heavy (non-hydrogen) atoms. The van der Waals surface area contributed by atoms with Crippen molar-refractivity contribution in [1.82, 2.24) is 0 Å². The van der Waals surface area contributed by atoms with Crippen molar-refractivity contribution in [3.8, 4) is 0 Å². The summed E-state index contributed by atoms with van der Waals surface area (Å²) in [5.74, 6) is 0. The molecule has 0 amide bonds. The summed E-state index contributed by atoms with van der Waals surface area (Å²) < 4.78 is 28.8. The molecule has 0 fully saturated rings. The van der Waals surface area contributed by atoms with Gasteiger partial charge in [-0.25, -0.2) is 0 Å². The monoisotopic (exact) mass is 306 g/mol. The van der Waals surface area contributed by atoms with E-state index in [2.05, 4.69) is 10.4 Å². The molecule has 108 valence electrons. The van der Waals surface area contributed by atoms with Crippen molar-refractivity contribution >= 4 is 21.5 Å². The van der Waals surface area contributed by atoms with Crippen molar-refractivity contribution in [2.75, 3.05) is 0 Å². The fraction of sp³-hybridized carbons (Fsp3) is 0.0769. The third kappa shape index (κ3) is 3.36. The maximum atomic E-state index is 12.0. The minimum absolute atomic E-state index is 0.0258. The van der Waals surface area contributed by atoms with E-state index < -0.39 is 16.7 Å². The summed E-state index contributed by atoms with van der Waals surface area (Å²) in [6.07, 6.45) is 0. The molecule has 2 aromatic rings. The van der Waals surface area contributed by atoms with Crippen LogP contribution in [-0.4, -0.2) is 8.42 Å². The highest BCUT2D eigenvalue weighted by molar-refractivity contribution is 7.86. The Hall–Kier alpha value is -2.45. The molecule has 0 bridgehead atoms. The zero-order valence-corrected chi connectivity index (χ0v) is 11.5. The van der Waals surface area contributed by atoms with E-state index in [4.69, 9.17) is 4.18 Å². The summed E-state index contributed by atoms with van der Waals surface area (Å²) in [4.78, 5) is 21.4. The predicted molar refractivity (Wildman–Crippen MR) is 75.8 cm³/mol. The highest BCUT2D eigenvalue weighted by Gasteiger charge is 2.18. The normalized spacial score (nSPS) is 11.0. The van der Waals surface area contributed by atoms with E-state index in [0.717, 1.165) is 0 Å². The molecule has 0 aromatic heterocycles. The number of nitrogens with zero attached hydrogens (tertiary/aromatic N) is 2. The second kappa shape index (κ2) is 6.33. The predicted octanol–water partition coefficient (Wildman–Crippen LogP) is 3.39. The first-order valence-corrected chi connectivity index (χ1v) is 7.22. The van der Waals surface area contributed by atoms with Crippen molar-refractivity contribution in [3.05, 3.63) is 63.9 Å². The largest absolute Gasteiger partial charge is 0.297 e. The van der Waals surface area contributed by atoms with Crippen molar-refractivity contribution in [1.29, 1.82) is 0 Å². The van der Waals surface area contributed by atoms with E-state index in [1.54, 1.807) is 18.2 Å². The molecule has 2 aromatic carbocycles. The quantitative estimate of drug-likeness (QED) is 0.601. The van der Waals surface area contributed by atoms with Crippen molar-refractivity contribution in [2.24, 2.45) is 10.4 Å². The Kier molecular flexibility index (Phi) is 4.51. The highest BCUT2D eigenvalue weighted by Crippen LogP contribution is 2.30. The van der Waals surface area contributed by atoms with Crippen LogP contribution in [0.4, 0.5) is 11.4 Å². The van der Waals surface area contributed by atoms with Gasteiger partial charge in [0.15, 0.2) is 0 Å². The van der Waals surface area contributed by atoms with Gasteiger partial charge in [-0.3, -0.25) is 4.18 Å². The van der Waals surface area contributed by atoms with Crippen LogP contribution < -0.4 is 0 Å². The van der Waals surface area contributed by atoms with Crippen LogP contribution in [0.5, 0.6) is 0 Å². The maximum absolute atomic E-state index is 12.0. The van der Waals surface area contributed by atoms with Crippen LogP contribution in [-0.2, 0) is 20.9 Å². The van der Waals surface area contributed by atoms with E-state index in [0.29, 0.717) is 0 Å². The summed E-state index contributed by atoms with van der Waals surface area (Å²) in [5.41, 5.74) is -0.146. The lowest BCUT2D eigenvalue weighted by molar-refractivity contribution is 0.309. The molecule has 0 aliphatic heterocycles. The van der Waals surface area contributed by atoms with Gasteiger partial charge in [-0.05, 0) is 34.6 Å². The first kappa shape index (κ1) is 14.9. The van der Waals surface area contributed by atoms with Gasteiger partial charge in [-0.15, -0.1) is 9.81 Å². The molecule has 0 saturated carbocycles. The Morgan fingerprint density at radius 2 is 1.43 bits per heavy atom. The topological polar surface area (TPSA) is 102 Å². The van der Waals surface area contributed by atoms with Crippen LogP contribution in [0.15, 0.2) is 63.8 Å². The van der Waals surface area contributed by atoms with E-state index in [9.17, 15) is 18.2 Å². The van der Waals surface area contributed by atoms with Crippen LogP contribution in [0.25, 0.3) is 0 Å². The average Bonchev–Trinajstić information content (AvgIpc) is 2.53. The smallest absolute Gasteiger partial charge is 0.261 e. The number of hydrogen-bond donors (Lipinski definition) is 0. The molecule has 0 unspecified atom stereocenters. The molecule has 8 heteroatoms. The second-order valence-electron chi connectivity index (χ2n) is 3.99. The van der Waals surface area contributed by atoms with Crippen molar-refractivity contribution < 1.29 is 12.6 Å². The first-order valence-electron chi connectivity index (χ1n) is 5.81. The summed E-state index contributed by atoms with van der Waals surface area (Å²) in [6.45, 7) is -0.500. The SMILES string of the molecule is O=Nc1cccc(N=O)c1COS(=O)(=O)c1ccccc1. The fourth-order valence-corrected chi connectivity index (χ4v) is 2.57. The Labute approximate surface area is 120 Å². The van der Waals surface area contributed by atoms with E-state index in [1.165, 1.54) is 30.3 Å². The number of hydrogen-bond acceptors (Lipinski definition) is 7. The minimum Gasteiger partial charge on any atom is -0.261 e. The van der Waals surface area contributed by atoms with Gasteiger partial charge >= 0.3 is 0 Å². The molecule has 0 aliphatic carbocycles. The van der Waals surface area contributed by atoms with Crippen LogP contribution in [0.2, 0.25) is 0 Å². The molecule has 0 heterocycles. The molecule has 0 saturated heterocycles. The van der Waals surface area contributed by atoms with E-state index >= 15 is 0 Å². The van der Waals surface area contributed by atoms with Gasteiger partial charge in [0.25, 0.3) is 10.1 Å². The molecule has 0 aliphatic rings. The van der Waals surface area contributed by atoms with Gasteiger partial charge in [-0.2, -0.15) is 8.42 Å². The van der Waals surface area contributed by atoms with E-state index in [-0.39, 0.29) is 21.8 Å². The summed E-state index contributed by atoms with van der Waals surface area (Å²) >= 11 is 0. The van der Waals surface area contributed by atoms with Gasteiger partial charge in [-0.1, -0.05) is 24.3 Å². The molecule has 0 N–H and O–H groups in total. The average molecular weight is 306 g/mol. The van der Waals surface area contributed by atoms with Crippen LogP contribution in [0.1, 0.15) is 5.56 Å². The third-order valence-electron chi connectivity index (χ3n) is 2.71. The van der Waals surface area contributed by atoms with Crippen molar-refractivity contribution in [3.63, 3.8) is 0 Å². The van der Waals surface area contributed by atoms with Crippen LogP contribution in [0, 0.1) is 9.81 Å². The summed E-state index contributed by atoms with van der Waals surface area (Å²) in [7, 11) is -4.00. The lowest BCUT2D eigenvalue weighted by Crippen LogP contribution is -2.06. The Morgan fingerprint density at radius 3 is 1.95 bits per heavy atom. The van der Waals surface area contributed by atoms with Gasteiger partial charge in [0.05, 0.1) is 11.5 Å². The van der Waals surface area contributed by atoms with Crippen LogP contribution >= 0.6 is 0 Å². The minimum atomic E-state index is -4.00. The highest BCUT2D eigenvalue weighted by atomic mass is 32.2. The van der Waals surface area contributed by atoms with Gasteiger partial charge in [0, 0.05) is 5.56 Å². The lowest BCUT2D eigenvalue weighted by atomic mass is 10.1. The Bertz CT molecular complexity index is 733. The second-order valence-corrected chi connectivity index (χ2v) is 5.60.